The summed E-state index contributed by atoms with van der Waals surface area (Å²) in [5.74, 6) is 1.70. The molecule has 0 spiro atoms. The number of hydrogen-bond acceptors (Lipinski definition) is 5. The first-order valence-corrected chi connectivity index (χ1v) is 12.0. The summed E-state index contributed by atoms with van der Waals surface area (Å²) in [6.45, 7) is 2.28. The number of amidine groups is 1. The topological polar surface area (TPSA) is 117 Å². The van der Waals surface area contributed by atoms with E-state index in [0.717, 1.165) is 59.4 Å². The summed E-state index contributed by atoms with van der Waals surface area (Å²) in [6.07, 6.45) is 4.00. The van der Waals surface area contributed by atoms with Gasteiger partial charge in [0.1, 0.15) is 17.3 Å². The predicted molar refractivity (Wildman–Crippen MR) is 137 cm³/mol. The minimum atomic E-state index is -0.0961. The van der Waals surface area contributed by atoms with Crippen molar-refractivity contribution in [3.63, 3.8) is 0 Å². The number of benzene rings is 2. The van der Waals surface area contributed by atoms with E-state index in [0.29, 0.717) is 23.8 Å². The number of rotatable bonds is 6. The minimum Gasteiger partial charge on any atom is -0.490 e. The van der Waals surface area contributed by atoms with Gasteiger partial charge in [-0.1, -0.05) is 12.1 Å². The zero-order valence-corrected chi connectivity index (χ0v) is 20.1. The van der Waals surface area contributed by atoms with Crippen molar-refractivity contribution in [2.45, 2.75) is 45.3 Å². The number of nitrogen functional groups attached to an aromatic ring is 1. The Labute approximate surface area is 204 Å². The maximum atomic E-state index is 12.8. The lowest BCUT2D eigenvalue weighted by Gasteiger charge is -2.31. The van der Waals surface area contributed by atoms with E-state index in [4.69, 9.17) is 26.0 Å². The largest absolute Gasteiger partial charge is 0.490 e. The van der Waals surface area contributed by atoms with E-state index in [1.165, 1.54) is 0 Å². The first kappa shape index (κ1) is 23.0. The van der Waals surface area contributed by atoms with Crippen LogP contribution in [-0.4, -0.2) is 34.7 Å². The highest BCUT2D eigenvalue weighted by molar-refractivity contribution is 5.99. The second-order valence-electron chi connectivity index (χ2n) is 9.55. The van der Waals surface area contributed by atoms with Crippen LogP contribution in [0.5, 0.6) is 11.5 Å². The molecule has 182 valence electrons. The predicted octanol–water partition coefficient (Wildman–Crippen LogP) is 4.37. The van der Waals surface area contributed by atoms with Gasteiger partial charge in [-0.05, 0) is 68.2 Å². The van der Waals surface area contributed by atoms with E-state index >= 15 is 0 Å². The molecule has 0 bridgehead atoms. The first-order chi connectivity index (χ1) is 16.8. The van der Waals surface area contributed by atoms with E-state index in [1.807, 2.05) is 54.9 Å². The SMILES string of the molecule is CC(=N)C1CCC(Oc2ccc3c(c2)OCC(=O)N3Cc2cc3ccc(C(=N)N)cc3n2C)CC1. The maximum absolute atomic E-state index is 12.8. The van der Waals surface area contributed by atoms with Crippen LogP contribution in [-0.2, 0) is 18.4 Å². The van der Waals surface area contributed by atoms with Crippen molar-refractivity contribution in [2.75, 3.05) is 11.5 Å². The number of nitrogens with one attached hydrogen (secondary N) is 2. The number of anilines is 1. The second-order valence-corrected chi connectivity index (χ2v) is 9.55. The first-order valence-electron chi connectivity index (χ1n) is 12.0. The molecule has 3 aromatic rings. The van der Waals surface area contributed by atoms with Crippen molar-refractivity contribution in [3.05, 3.63) is 53.7 Å². The average Bonchev–Trinajstić information content (AvgIpc) is 3.15. The molecule has 35 heavy (non-hydrogen) atoms. The molecule has 1 aliphatic carbocycles. The van der Waals surface area contributed by atoms with Gasteiger partial charge in [0, 0.05) is 35.6 Å². The fourth-order valence-electron chi connectivity index (χ4n) is 5.11. The van der Waals surface area contributed by atoms with Crippen molar-refractivity contribution in [3.8, 4) is 11.5 Å². The Kier molecular flexibility index (Phi) is 5.96. The summed E-state index contributed by atoms with van der Waals surface area (Å²) < 4.78 is 14.0. The lowest BCUT2D eigenvalue weighted by Crippen LogP contribution is -2.38. The second kappa shape index (κ2) is 9.09. The van der Waals surface area contributed by atoms with Gasteiger partial charge in [-0.15, -0.1) is 0 Å². The normalized spacial score (nSPS) is 19.8. The van der Waals surface area contributed by atoms with Gasteiger partial charge in [-0.25, -0.2) is 0 Å². The highest BCUT2D eigenvalue weighted by Gasteiger charge is 2.28. The number of nitrogens with zero attached hydrogens (tertiary/aromatic N) is 2. The fourth-order valence-corrected chi connectivity index (χ4v) is 5.11. The van der Waals surface area contributed by atoms with Crippen LogP contribution in [0.15, 0.2) is 42.5 Å². The average molecular weight is 474 g/mol. The number of amides is 1. The molecule has 2 aromatic carbocycles. The number of carbonyl (C=O) groups excluding carboxylic acids is 1. The molecule has 1 amide bonds. The molecule has 1 aromatic heterocycles. The molecule has 1 fully saturated rings. The van der Waals surface area contributed by atoms with Gasteiger partial charge < -0.3 is 30.1 Å². The van der Waals surface area contributed by atoms with E-state index < -0.39 is 0 Å². The van der Waals surface area contributed by atoms with Crippen LogP contribution in [0.1, 0.15) is 43.9 Å². The van der Waals surface area contributed by atoms with Crippen molar-refractivity contribution in [1.29, 1.82) is 10.8 Å². The molecule has 5 rings (SSSR count). The molecule has 0 unspecified atom stereocenters. The number of aryl methyl sites for hydroxylation is 1. The summed E-state index contributed by atoms with van der Waals surface area (Å²) in [5, 5.41) is 16.6. The van der Waals surface area contributed by atoms with Crippen LogP contribution < -0.4 is 20.1 Å². The van der Waals surface area contributed by atoms with E-state index in [-0.39, 0.29) is 24.5 Å². The lowest BCUT2D eigenvalue weighted by molar-refractivity contribution is -0.121. The Morgan fingerprint density at radius 1 is 1.11 bits per heavy atom. The minimum absolute atomic E-state index is 0.0153. The van der Waals surface area contributed by atoms with Gasteiger partial charge in [-0.2, -0.15) is 0 Å². The number of hydrogen-bond donors (Lipinski definition) is 3. The van der Waals surface area contributed by atoms with Gasteiger partial charge in [0.25, 0.3) is 5.91 Å². The van der Waals surface area contributed by atoms with Crippen LogP contribution >= 0.6 is 0 Å². The molecular weight excluding hydrogens is 442 g/mol. The van der Waals surface area contributed by atoms with Gasteiger partial charge in [-0.3, -0.25) is 10.2 Å². The molecule has 4 N–H and O–H groups in total. The fraction of sp³-hybridized carbons (Fsp3) is 0.370. The van der Waals surface area contributed by atoms with Crippen molar-refractivity contribution in [1.82, 2.24) is 4.57 Å². The number of aromatic nitrogens is 1. The molecule has 0 radical (unpaired) electrons. The number of carbonyl (C=O) groups is 1. The lowest BCUT2D eigenvalue weighted by atomic mass is 9.85. The number of fused-ring (bicyclic) bond motifs is 2. The Hall–Kier alpha value is -3.81. The van der Waals surface area contributed by atoms with Gasteiger partial charge in [0.15, 0.2) is 6.61 Å². The molecule has 1 saturated carbocycles. The van der Waals surface area contributed by atoms with Crippen molar-refractivity contribution < 1.29 is 14.3 Å². The third-order valence-corrected chi connectivity index (χ3v) is 7.24. The zero-order chi connectivity index (χ0) is 24.7. The van der Waals surface area contributed by atoms with Crippen LogP contribution in [0.3, 0.4) is 0 Å². The summed E-state index contributed by atoms with van der Waals surface area (Å²) in [5.41, 5.74) is 9.76. The summed E-state index contributed by atoms with van der Waals surface area (Å²) in [7, 11) is 1.96. The maximum Gasteiger partial charge on any atom is 0.265 e. The van der Waals surface area contributed by atoms with Gasteiger partial charge >= 0.3 is 0 Å². The molecule has 2 aliphatic rings. The van der Waals surface area contributed by atoms with Crippen LogP contribution in [0, 0.1) is 16.7 Å². The molecule has 1 aliphatic heterocycles. The Morgan fingerprint density at radius 2 is 1.89 bits per heavy atom. The standard InChI is InChI=1S/C27H31N5O3/c1-16(28)17-5-7-21(8-6-17)35-22-9-10-23-25(13-22)34-15-26(33)32(23)14-20-11-18-3-4-19(27(29)30)12-24(18)31(20)2/h3-4,9-13,17,21,28H,5-8,14-15H2,1-2H3,(H3,29,30). The smallest absolute Gasteiger partial charge is 0.265 e. The molecule has 8 nitrogen and oxygen atoms in total. The monoisotopic (exact) mass is 473 g/mol. The summed E-state index contributed by atoms with van der Waals surface area (Å²) >= 11 is 0. The third-order valence-electron chi connectivity index (χ3n) is 7.24. The summed E-state index contributed by atoms with van der Waals surface area (Å²) in [4.78, 5) is 14.6. The summed E-state index contributed by atoms with van der Waals surface area (Å²) in [6, 6.07) is 13.4. The van der Waals surface area contributed by atoms with Crippen LogP contribution in [0.2, 0.25) is 0 Å². The molecular formula is C27H31N5O3. The zero-order valence-electron chi connectivity index (χ0n) is 20.1. The quantitative estimate of drug-likeness (QED) is 0.364. The third kappa shape index (κ3) is 4.48. The van der Waals surface area contributed by atoms with Crippen LogP contribution in [0.25, 0.3) is 10.9 Å². The van der Waals surface area contributed by atoms with Gasteiger partial charge in [0.2, 0.25) is 0 Å². The molecule has 2 heterocycles. The highest BCUT2D eigenvalue weighted by atomic mass is 16.5. The highest BCUT2D eigenvalue weighted by Crippen LogP contribution is 2.38. The van der Waals surface area contributed by atoms with E-state index in [9.17, 15) is 4.79 Å². The Balaban J connectivity index is 1.35. The van der Waals surface area contributed by atoms with Crippen LogP contribution in [0.4, 0.5) is 5.69 Å². The van der Waals surface area contributed by atoms with Gasteiger partial charge in [0.05, 0.1) is 18.3 Å². The van der Waals surface area contributed by atoms with E-state index in [2.05, 4.69) is 6.07 Å². The number of nitrogens with two attached hydrogens (primary N) is 1. The molecule has 0 atom stereocenters. The Morgan fingerprint density at radius 3 is 2.60 bits per heavy atom. The Bertz CT molecular complexity index is 1320. The van der Waals surface area contributed by atoms with E-state index in [1.54, 1.807) is 4.90 Å². The van der Waals surface area contributed by atoms with Crippen molar-refractivity contribution >= 4 is 34.0 Å². The molecule has 0 saturated heterocycles. The number of ether oxygens (including phenoxy) is 2. The molecule has 8 heteroatoms. The van der Waals surface area contributed by atoms with Crippen molar-refractivity contribution in [2.24, 2.45) is 18.7 Å².